The van der Waals surface area contributed by atoms with Gasteiger partial charge in [-0.25, -0.2) is 9.97 Å². The molecule has 1 fully saturated rings. The van der Waals surface area contributed by atoms with Gasteiger partial charge in [0, 0.05) is 25.8 Å². The first kappa shape index (κ1) is 14.4. The highest BCUT2D eigenvalue weighted by Gasteiger charge is 2.21. The number of nitrogens with one attached hydrogen (secondary N) is 1. The fourth-order valence-corrected chi connectivity index (χ4v) is 2.09. The van der Waals surface area contributed by atoms with Crippen LogP contribution in [0.25, 0.3) is 0 Å². The van der Waals surface area contributed by atoms with Crippen molar-refractivity contribution in [3.05, 3.63) is 23.8 Å². The van der Waals surface area contributed by atoms with E-state index in [4.69, 9.17) is 4.74 Å². The van der Waals surface area contributed by atoms with E-state index in [-0.39, 0.29) is 6.10 Å². The number of likely N-dealkylation sites (N-methyl/N-ethyl adjacent to an activating group) is 1. The van der Waals surface area contributed by atoms with Crippen LogP contribution in [-0.4, -0.2) is 48.2 Å². The molecule has 5 nitrogen and oxygen atoms in total. The molecule has 106 valence electrons. The van der Waals surface area contributed by atoms with Gasteiger partial charge in [0.2, 0.25) is 0 Å². The summed E-state index contributed by atoms with van der Waals surface area (Å²) in [6.45, 7) is 8.78. The molecule has 0 saturated carbocycles. The van der Waals surface area contributed by atoms with Gasteiger partial charge in [0.25, 0.3) is 0 Å². The third-order valence-corrected chi connectivity index (χ3v) is 3.15. The maximum absolute atomic E-state index is 5.75. The lowest BCUT2D eigenvalue weighted by Crippen LogP contribution is -2.36. The van der Waals surface area contributed by atoms with Gasteiger partial charge in [0.1, 0.15) is 6.10 Å². The molecule has 0 amide bonds. The molecule has 1 unspecified atom stereocenters. The Kier molecular flexibility index (Phi) is 5.24. The van der Waals surface area contributed by atoms with Crippen molar-refractivity contribution in [3.8, 4) is 0 Å². The molecule has 1 aliphatic heterocycles. The molecule has 0 radical (unpaired) electrons. The predicted molar refractivity (Wildman–Crippen MR) is 74.8 cm³/mol. The maximum atomic E-state index is 5.75. The Hall–Kier alpha value is -1.04. The van der Waals surface area contributed by atoms with Crippen molar-refractivity contribution in [3.63, 3.8) is 0 Å². The van der Waals surface area contributed by atoms with Crippen molar-refractivity contribution < 1.29 is 4.74 Å². The molecule has 1 aliphatic rings. The third kappa shape index (κ3) is 4.53. The van der Waals surface area contributed by atoms with Crippen LogP contribution in [0.15, 0.2) is 12.3 Å². The van der Waals surface area contributed by atoms with Crippen molar-refractivity contribution in [2.45, 2.75) is 26.5 Å². The van der Waals surface area contributed by atoms with Gasteiger partial charge < -0.3 is 15.0 Å². The quantitative estimate of drug-likeness (QED) is 0.866. The summed E-state index contributed by atoms with van der Waals surface area (Å²) in [6.07, 6.45) is 1.83. The van der Waals surface area contributed by atoms with Gasteiger partial charge in [-0.3, -0.25) is 0 Å². The van der Waals surface area contributed by atoms with Gasteiger partial charge >= 0.3 is 0 Å². The number of nitrogens with zero attached hydrogens (tertiary/aromatic N) is 3. The van der Waals surface area contributed by atoms with Crippen molar-refractivity contribution in [2.24, 2.45) is 5.92 Å². The molecule has 2 rings (SSSR count). The highest BCUT2D eigenvalue weighted by atomic mass is 16.5. The Bertz CT molecular complexity index is 397. The summed E-state index contributed by atoms with van der Waals surface area (Å²) >= 11 is 0. The summed E-state index contributed by atoms with van der Waals surface area (Å²) in [5, 5.41) is 3.40. The summed E-state index contributed by atoms with van der Waals surface area (Å²) in [6, 6.07) is 1.96. The van der Waals surface area contributed by atoms with Gasteiger partial charge in [-0.15, -0.1) is 0 Å². The van der Waals surface area contributed by atoms with E-state index in [2.05, 4.69) is 41.1 Å². The second kappa shape index (κ2) is 6.93. The zero-order valence-corrected chi connectivity index (χ0v) is 12.1. The van der Waals surface area contributed by atoms with E-state index in [1.54, 1.807) is 0 Å². The van der Waals surface area contributed by atoms with Gasteiger partial charge in [-0.2, -0.15) is 0 Å². The summed E-state index contributed by atoms with van der Waals surface area (Å²) < 4.78 is 5.75. The highest BCUT2D eigenvalue weighted by molar-refractivity contribution is 5.05. The van der Waals surface area contributed by atoms with E-state index in [1.807, 2.05) is 12.3 Å². The number of hydrogen-bond acceptors (Lipinski definition) is 5. The molecule has 1 aromatic rings. The van der Waals surface area contributed by atoms with Crippen molar-refractivity contribution in [1.82, 2.24) is 20.2 Å². The van der Waals surface area contributed by atoms with Crippen LogP contribution in [0.1, 0.15) is 31.5 Å². The second-order valence-corrected chi connectivity index (χ2v) is 5.55. The molecule has 5 heteroatoms. The van der Waals surface area contributed by atoms with Crippen LogP contribution < -0.4 is 5.32 Å². The molecule has 2 heterocycles. The first-order chi connectivity index (χ1) is 9.15. The summed E-state index contributed by atoms with van der Waals surface area (Å²) in [4.78, 5) is 11.2. The lowest BCUT2D eigenvalue weighted by atomic mass is 10.2. The van der Waals surface area contributed by atoms with Crippen molar-refractivity contribution in [1.29, 1.82) is 0 Å². The fraction of sp³-hybridized carbons (Fsp3) is 0.714. The van der Waals surface area contributed by atoms with Crippen LogP contribution in [0, 0.1) is 5.92 Å². The average molecular weight is 264 g/mol. The Labute approximate surface area is 115 Å². The monoisotopic (exact) mass is 264 g/mol. The third-order valence-electron chi connectivity index (χ3n) is 3.15. The zero-order chi connectivity index (χ0) is 13.7. The zero-order valence-electron chi connectivity index (χ0n) is 12.1. The molecule has 0 aromatic carbocycles. The van der Waals surface area contributed by atoms with Crippen LogP contribution in [0.5, 0.6) is 0 Å². The van der Waals surface area contributed by atoms with Crippen molar-refractivity contribution in [2.75, 3.05) is 33.3 Å². The molecule has 0 bridgehead atoms. The normalized spacial score (nSPS) is 20.9. The van der Waals surface area contributed by atoms with E-state index >= 15 is 0 Å². The molecular weight excluding hydrogens is 240 g/mol. The average Bonchev–Trinajstić information content (AvgIpc) is 2.39. The molecular formula is C14H24N4O. The largest absolute Gasteiger partial charge is 0.368 e. The lowest BCUT2D eigenvalue weighted by molar-refractivity contribution is -0.0256. The molecule has 0 aliphatic carbocycles. The van der Waals surface area contributed by atoms with Crippen molar-refractivity contribution >= 4 is 0 Å². The topological polar surface area (TPSA) is 50.3 Å². The molecule has 1 N–H and O–H groups in total. The van der Waals surface area contributed by atoms with Crippen LogP contribution in [-0.2, 0) is 11.3 Å². The number of ether oxygens (including phenoxy) is 1. The molecule has 19 heavy (non-hydrogen) atoms. The first-order valence-electron chi connectivity index (χ1n) is 6.98. The Morgan fingerprint density at radius 1 is 1.53 bits per heavy atom. The van der Waals surface area contributed by atoms with Gasteiger partial charge in [-0.1, -0.05) is 13.8 Å². The number of aromatic nitrogens is 2. The minimum atomic E-state index is 0.00352. The van der Waals surface area contributed by atoms with E-state index < -0.39 is 0 Å². The SMILES string of the molecule is CC(C)CNCc1ccnc(C2CN(C)CCO2)n1. The number of morpholine rings is 1. The van der Waals surface area contributed by atoms with E-state index in [0.29, 0.717) is 5.92 Å². The molecule has 0 spiro atoms. The molecule has 1 atom stereocenters. The Morgan fingerprint density at radius 2 is 2.37 bits per heavy atom. The van der Waals surface area contributed by atoms with E-state index in [1.165, 1.54) is 0 Å². The summed E-state index contributed by atoms with van der Waals surface area (Å²) in [5.41, 5.74) is 1.03. The van der Waals surface area contributed by atoms with Crippen LogP contribution >= 0.6 is 0 Å². The molecule has 1 saturated heterocycles. The second-order valence-electron chi connectivity index (χ2n) is 5.55. The maximum Gasteiger partial charge on any atom is 0.158 e. The van der Waals surface area contributed by atoms with Gasteiger partial charge in [0.05, 0.1) is 12.3 Å². The van der Waals surface area contributed by atoms with Gasteiger partial charge in [0.15, 0.2) is 5.82 Å². The molecule has 1 aromatic heterocycles. The summed E-state index contributed by atoms with van der Waals surface area (Å²) in [7, 11) is 2.10. The van der Waals surface area contributed by atoms with Crippen LogP contribution in [0.4, 0.5) is 0 Å². The number of hydrogen-bond donors (Lipinski definition) is 1. The fourth-order valence-electron chi connectivity index (χ4n) is 2.09. The minimum absolute atomic E-state index is 0.00352. The van der Waals surface area contributed by atoms with E-state index in [9.17, 15) is 0 Å². The van der Waals surface area contributed by atoms with Crippen LogP contribution in [0.3, 0.4) is 0 Å². The highest BCUT2D eigenvalue weighted by Crippen LogP contribution is 2.17. The predicted octanol–water partition coefficient (Wildman–Crippen LogP) is 1.23. The van der Waals surface area contributed by atoms with E-state index in [0.717, 1.165) is 44.3 Å². The first-order valence-corrected chi connectivity index (χ1v) is 6.98. The minimum Gasteiger partial charge on any atom is -0.368 e. The Balaban J connectivity index is 1.94. The lowest BCUT2D eigenvalue weighted by Gasteiger charge is -2.29. The van der Waals surface area contributed by atoms with Gasteiger partial charge in [-0.05, 0) is 25.6 Å². The standard InChI is InChI=1S/C14H24N4O/c1-11(2)8-15-9-12-4-5-16-14(17-12)13-10-18(3)6-7-19-13/h4-5,11,13,15H,6-10H2,1-3H3. The summed E-state index contributed by atoms with van der Waals surface area (Å²) in [5.74, 6) is 1.45. The Morgan fingerprint density at radius 3 is 3.11 bits per heavy atom. The number of rotatable bonds is 5. The van der Waals surface area contributed by atoms with Crippen LogP contribution in [0.2, 0.25) is 0 Å². The smallest absolute Gasteiger partial charge is 0.158 e.